The number of hydrogen-bond acceptors (Lipinski definition) is 4. The molecule has 0 radical (unpaired) electrons. The molecule has 116 valence electrons. The predicted molar refractivity (Wildman–Crippen MR) is 91.2 cm³/mol. The van der Waals surface area contributed by atoms with Crippen LogP contribution in [0.1, 0.15) is 16.1 Å². The van der Waals surface area contributed by atoms with Crippen molar-refractivity contribution in [3.8, 4) is 5.75 Å². The van der Waals surface area contributed by atoms with Crippen LogP contribution in [0.25, 0.3) is 10.9 Å². The van der Waals surface area contributed by atoms with Crippen LogP contribution >= 0.6 is 15.9 Å². The lowest BCUT2D eigenvalue weighted by Gasteiger charge is -2.13. The molecule has 0 N–H and O–H groups in total. The number of carbonyl (C=O) groups excluding carboxylic acids is 1. The SMILES string of the molecule is COc1cc2c(cc1Br)cc(C=O)c(=O)n2Cc1ccccn1. The molecule has 5 nitrogen and oxygen atoms in total. The van der Waals surface area contributed by atoms with Crippen molar-refractivity contribution in [2.45, 2.75) is 6.54 Å². The van der Waals surface area contributed by atoms with Gasteiger partial charge < -0.3 is 9.30 Å². The summed E-state index contributed by atoms with van der Waals surface area (Å²) >= 11 is 3.42. The maximum absolute atomic E-state index is 12.6. The number of rotatable bonds is 4. The van der Waals surface area contributed by atoms with Gasteiger partial charge in [0, 0.05) is 17.6 Å². The second kappa shape index (κ2) is 6.34. The highest BCUT2D eigenvalue weighted by Crippen LogP contribution is 2.30. The zero-order valence-corrected chi connectivity index (χ0v) is 13.9. The molecule has 3 aromatic rings. The highest BCUT2D eigenvalue weighted by Gasteiger charge is 2.12. The molecule has 1 aromatic carbocycles. The van der Waals surface area contributed by atoms with Gasteiger partial charge >= 0.3 is 0 Å². The number of aldehydes is 1. The van der Waals surface area contributed by atoms with Gasteiger partial charge in [0.1, 0.15) is 5.75 Å². The smallest absolute Gasteiger partial charge is 0.261 e. The number of hydrogen-bond donors (Lipinski definition) is 0. The Morgan fingerprint density at radius 1 is 1.30 bits per heavy atom. The monoisotopic (exact) mass is 372 g/mol. The molecule has 0 unspecified atom stereocenters. The minimum Gasteiger partial charge on any atom is -0.495 e. The zero-order valence-electron chi connectivity index (χ0n) is 12.3. The molecule has 2 aromatic heterocycles. The lowest BCUT2D eigenvalue weighted by Crippen LogP contribution is -2.24. The largest absolute Gasteiger partial charge is 0.495 e. The quantitative estimate of drug-likeness (QED) is 0.660. The molecule has 0 spiro atoms. The minimum atomic E-state index is -0.345. The highest BCUT2D eigenvalue weighted by atomic mass is 79.9. The van der Waals surface area contributed by atoms with Crippen molar-refractivity contribution in [2.75, 3.05) is 7.11 Å². The van der Waals surface area contributed by atoms with E-state index in [4.69, 9.17) is 4.74 Å². The topological polar surface area (TPSA) is 61.2 Å². The lowest BCUT2D eigenvalue weighted by molar-refractivity contribution is 0.112. The summed E-state index contributed by atoms with van der Waals surface area (Å²) in [6.07, 6.45) is 2.25. The Kier molecular flexibility index (Phi) is 4.25. The van der Waals surface area contributed by atoms with Crippen LogP contribution in [0.5, 0.6) is 5.75 Å². The first-order chi connectivity index (χ1) is 11.1. The second-order valence-electron chi connectivity index (χ2n) is 4.98. The van der Waals surface area contributed by atoms with E-state index in [9.17, 15) is 9.59 Å². The molecule has 0 bridgehead atoms. The van der Waals surface area contributed by atoms with E-state index in [1.165, 1.54) is 4.57 Å². The van der Waals surface area contributed by atoms with Crippen molar-refractivity contribution < 1.29 is 9.53 Å². The van der Waals surface area contributed by atoms with E-state index >= 15 is 0 Å². The Hall–Kier alpha value is -2.47. The number of ether oxygens (including phenoxy) is 1. The fourth-order valence-electron chi connectivity index (χ4n) is 2.45. The normalized spacial score (nSPS) is 10.7. The number of fused-ring (bicyclic) bond motifs is 1. The van der Waals surface area contributed by atoms with Crippen molar-refractivity contribution in [3.63, 3.8) is 0 Å². The van der Waals surface area contributed by atoms with Crippen molar-refractivity contribution in [2.24, 2.45) is 0 Å². The average Bonchev–Trinajstić information content (AvgIpc) is 2.57. The number of pyridine rings is 2. The van der Waals surface area contributed by atoms with Crippen LogP contribution in [0.15, 0.2) is 51.9 Å². The molecule has 3 rings (SSSR count). The van der Waals surface area contributed by atoms with Crippen LogP contribution in [-0.2, 0) is 6.54 Å². The van der Waals surface area contributed by atoms with Gasteiger partial charge in [-0.3, -0.25) is 14.6 Å². The molecule has 0 aliphatic heterocycles. The van der Waals surface area contributed by atoms with E-state index in [0.29, 0.717) is 17.6 Å². The Labute approximate surface area is 140 Å². The third-order valence-corrected chi connectivity index (χ3v) is 4.19. The summed E-state index contributed by atoms with van der Waals surface area (Å²) in [5.74, 6) is 0.616. The van der Waals surface area contributed by atoms with Gasteiger partial charge in [-0.2, -0.15) is 0 Å². The fraction of sp³-hybridized carbons (Fsp3) is 0.118. The van der Waals surface area contributed by atoms with E-state index in [-0.39, 0.29) is 17.7 Å². The second-order valence-corrected chi connectivity index (χ2v) is 5.83. The van der Waals surface area contributed by atoms with Crippen LogP contribution in [0.3, 0.4) is 0 Å². The standard InChI is InChI=1S/C17H13BrN2O3/c1-23-16-8-15-11(7-14(16)18)6-12(10-21)17(22)20(15)9-13-4-2-3-5-19-13/h2-8,10H,9H2,1H3. The van der Waals surface area contributed by atoms with Crippen LogP contribution < -0.4 is 10.3 Å². The molecule has 6 heteroatoms. The van der Waals surface area contributed by atoms with Gasteiger partial charge in [0.25, 0.3) is 5.56 Å². The van der Waals surface area contributed by atoms with Crippen LogP contribution in [-0.4, -0.2) is 22.9 Å². The highest BCUT2D eigenvalue weighted by molar-refractivity contribution is 9.10. The summed E-state index contributed by atoms with van der Waals surface area (Å²) in [4.78, 5) is 28.0. The summed E-state index contributed by atoms with van der Waals surface area (Å²) in [6, 6.07) is 10.7. The first-order valence-electron chi connectivity index (χ1n) is 6.90. The van der Waals surface area contributed by atoms with Crippen LogP contribution in [0, 0.1) is 0 Å². The number of nitrogens with zero attached hydrogens (tertiary/aromatic N) is 2. The fourth-order valence-corrected chi connectivity index (χ4v) is 2.98. The van der Waals surface area contributed by atoms with Gasteiger partial charge in [-0.25, -0.2) is 0 Å². The Bertz CT molecular complexity index is 936. The molecule has 0 aliphatic rings. The van der Waals surface area contributed by atoms with Gasteiger partial charge in [0.15, 0.2) is 6.29 Å². The van der Waals surface area contributed by atoms with E-state index in [1.807, 2.05) is 24.3 Å². The van der Waals surface area contributed by atoms with Gasteiger partial charge in [0.2, 0.25) is 0 Å². The van der Waals surface area contributed by atoms with E-state index < -0.39 is 0 Å². The predicted octanol–water partition coefficient (Wildman–Crippen LogP) is 3.03. The Morgan fingerprint density at radius 3 is 2.78 bits per heavy atom. The van der Waals surface area contributed by atoms with Crippen molar-refractivity contribution in [3.05, 3.63) is 68.7 Å². The molecule has 0 saturated heterocycles. The van der Waals surface area contributed by atoms with E-state index in [0.717, 1.165) is 15.6 Å². The molecule has 23 heavy (non-hydrogen) atoms. The summed E-state index contributed by atoms with van der Waals surface area (Å²) in [6.45, 7) is 0.280. The Balaban J connectivity index is 2.30. The van der Waals surface area contributed by atoms with Crippen LogP contribution in [0.2, 0.25) is 0 Å². The molecule has 0 amide bonds. The Morgan fingerprint density at radius 2 is 2.13 bits per heavy atom. The lowest BCUT2D eigenvalue weighted by atomic mass is 10.1. The van der Waals surface area contributed by atoms with E-state index in [2.05, 4.69) is 20.9 Å². The average molecular weight is 373 g/mol. The van der Waals surface area contributed by atoms with Crippen molar-refractivity contribution in [1.29, 1.82) is 0 Å². The van der Waals surface area contributed by atoms with Crippen LogP contribution in [0.4, 0.5) is 0 Å². The summed E-state index contributed by atoms with van der Waals surface area (Å²) < 4.78 is 7.60. The molecule has 0 aliphatic carbocycles. The molecule has 2 heterocycles. The van der Waals surface area contributed by atoms with Crippen molar-refractivity contribution in [1.82, 2.24) is 9.55 Å². The summed E-state index contributed by atoms with van der Waals surface area (Å²) in [5, 5.41) is 0.773. The molecular weight excluding hydrogens is 360 g/mol. The zero-order chi connectivity index (χ0) is 16.4. The third kappa shape index (κ3) is 2.90. The summed E-state index contributed by atoms with van der Waals surface area (Å²) in [5.41, 5.74) is 1.19. The van der Waals surface area contributed by atoms with Gasteiger partial charge in [-0.15, -0.1) is 0 Å². The van der Waals surface area contributed by atoms with Gasteiger partial charge in [-0.1, -0.05) is 6.07 Å². The maximum atomic E-state index is 12.6. The number of carbonyl (C=O) groups is 1. The third-order valence-electron chi connectivity index (χ3n) is 3.57. The first-order valence-corrected chi connectivity index (χ1v) is 7.69. The number of benzene rings is 1. The number of halogens is 1. The van der Waals surface area contributed by atoms with Gasteiger partial charge in [-0.05, 0) is 40.2 Å². The van der Waals surface area contributed by atoms with Crippen molar-refractivity contribution >= 4 is 33.1 Å². The summed E-state index contributed by atoms with van der Waals surface area (Å²) in [7, 11) is 1.56. The minimum absolute atomic E-state index is 0.116. The maximum Gasteiger partial charge on any atom is 0.261 e. The molecule has 0 fully saturated rings. The molecule has 0 atom stereocenters. The number of aromatic nitrogens is 2. The molecular formula is C17H13BrN2O3. The first kappa shape index (κ1) is 15.4. The number of methoxy groups -OCH3 is 1. The molecule has 0 saturated carbocycles. The van der Waals surface area contributed by atoms with Gasteiger partial charge in [0.05, 0.1) is 34.9 Å². The van der Waals surface area contributed by atoms with E-state index in [1.54, 1.807) is 25.4 Å².